The second-order valence-corrected chi connectivity index (χ2v) is 8.30. The number of ketones is 1. The first-order chi connectivity index (χ1) is 14.2. The number of thioether (sulfide) groups is 1. The Hall–Kier alpha value is -2.61. The van der Waals surface area contributed by atoms with Gasteiger partial charge in [0, 0.05) is 29.2 Å². The number of amides is 1. The van der Waals surface area contributed by atoms with Gasteiger partial charge < -0.3 is 14.6 Å². The van der Waals surface area contributed by atoms with E-state index in [0.717, 1.165) is 36.1 Å². The average Bonchev–Trinajstić information content (AvgIpc) is 3.00. The first kappa shape index (κ1) is 23.7. The molecule has 1 amide bonds. The van der Waals surface area contributed by atoms with E-state index in [-0.39, 0.29) is 29.9 Å². The van der Waals surface area contributed by atoms with Gasteiger partial charge in [0.25, 0.3) is 0 Å². The summed E-state index contributed by atoms with van der Waals surface area (Å²) in [6, 6.07) is 7.23. The number of benzene rings is 1. The fourth-order valence-electron chi connectivity index (χ4n) is 2.98. The Labute approximate surface area is 180 Å². The Morgan fingerprint density at radius 2 is 1.87 bits per heavy atom. The van der Waals surface area contributed by atoms with Crippen molar-refractivity contribution in [1.82, 2.24) is 4.57 Å². The van der Waals surface area contributed by atoms with Crippen LogP contribution in [0.2, 0.25) is 0 Å². The van der Waals surface area contributed by atoms with Crippen LogP contribution >= 0.6 is 11.8 Å². The molecule has 0 aliphatic heterocycles. The maximum absolute atomic E-state index is 12.9. The highest BCUT2D eigenvalue weighted by molar-refractivity contribution is 8.01. The van der Waals surface area contributed by atoms with Crippen LogP contribution in [0.1, 0.15) is 42.0 Å². The van der Waals surface area contributed by atoms with Crippen molar-refractivity contribution in [3.63, 3.8) is 0 Å². The zero-order chi connectivity index (χ0) is 22.3. The summed E-state index contributed by atoms with van der Waals surface area (Å²) in [5.41, 5.74) is 2.91. The van der Waals surface area contributed by atoms with Crippen LogP contribution in [-0.2, 0) is 20.9 Å². The monoisotopic (exact) mass is 434 g/mol. The highest BCUT2D eigenvalue weighted by Crippen LogP contribution is 2.18. The van der Waals surface area contributed by atoms with Gasteiger partial charge in [0.2, 0.25) is 11.7 Å². The van der Waals surface area contributed by atoms with Crippen LogP contribution in [0.3, 0.4) is 0 Å². The molecule has 0 spiro atoms. The summed E-state index contributed by atoms with van der Waals surface area (Å²) in [4.78, 5) is 36.6. The molecule has 0 aliphatic rings. The maximum atomic E-state index is 12.9. The van der Waals surface area contributed by atoms with Gasteiger partial charge in [0.05, 0.1) is 5.75 Å². The molecule has 8 heteroatoms. The number of nitrogens with zero attached hydrogens (tertiary/aromatic N) is 1. The first-order valence-corrected chi connectivity index (χ1v) is 10.8. The van der Waals surface area contributed by atoms with E-state index < -0.39 is 11.2 Å². The predicted molar refractivity (Wildman–Crippen MR) is 116 cm³/mol. The lowest BCUT2D eigenvalue weighted by Gasteiger charge is -2.11. The molecule has 2 rings (SSSR count). The van der Waals surface area contributed by atoms with Gasteiger partial charge in [0.15, 0.2) is 6.61 Å². The number of aromatic nitrogens is 1. The lowest BCUT2D eigenvalue weighted by atomic mass is 10.1. The number of ether oxygens (including phenoxy) is 1. The summed E-state index contributed by atoms with van der Waals surface area (Å²) >= 11 is 1.10. The van der Waals surface area contributed by atoms with E-state index in [1.165, 1.54) is 24.3 Å². The third-order valence-corrected chi connectivity index (χ3v) is 5.71. The van der Waals surface area contributed by atoms with Gasteiger partial charge in [-0.3, -0.25) is 14.4 Å². The number of halogens is 1. The summed E-state index contributed by atoms with van der Waals surface area (Å²) in [6.07, 6.45) is 0.961. The van der Waals surface area contributed by atoms with Crippen LogP contribution in [0.5, 0.6) is 0 Å². The zero-order valence-corrected chi connectivity index (χ0v) is 18.5. The molecule has 0 bridgehead atoms. The summed E-state index contributed by atoms with van der Waals surface area (Å²) in [5.74, 6) is -1.47. The van der Waals surface area contributed by atoms with Gasteiger partial charge in [-0.2, -0.15) is 0 Å². The number of anilines is 1. The van der Waals surface area contributed by atoms with Crippen molar-refractivity contribution in [3.8, 4) is 0 Å². The number of carbonyl (C=O) groups is 3. The van der Waals surface area contributed by atoms with Crippen molar-refractivity contribution in [2.75, 3.05) is 17.7 Å². The molecule has 0 saturated carbocycles. The van der Waals surface area contributed by atoms with Crippen LogP contribution in [0.4, 0.5) is 10.1 Å². The molecule has 30 heavy (non-hydrogen) atoms. The molecule has 1 aromatic carbocycles. The summed E-state index contributed by atoms with van der Waals surface area (Å²) < 4.78 is 20.1. The number of hydrogen-bond acceptors (Lipinski definition) is 5. The van der Waals surface area contributed by atoms with Crippen molar-refractivity contribution in [3.05, 3.63) is 53.1 Å². The Morgan fingerprint density at radius 1 is 1.20 bits per heavy atom. The Balaban J connectivity index is 1.80. The molecule has 0 aliphatic carbocycles. The van der Waals surface area contributed by atoms with E-state index in [4.69, 9.17) is 4.74 Å². The smallest absolute Gasteiger partial charge is 0.319 e. The Kier molecular flexibility index (Phi) is 8.65. The van der Waals surface area contributed by atoms with Gasteiger partial charge in [-0.15, -0.1) is 11.8 Å². The van der Waals surface area contributed by atoms with E-state index in [1.807, 2.05) is 19.9 Å². The quantitative estimate of drug-likeness (QED) is 0.449. The van der Waals surface area contributed by atoms with Crippen molar-refractivity contribution in [2.45, 2.75) is 45.9 Å². The molecule has 0 radical (unpaired) electrons. The molecule has 0 unspecified atom stereocenters. The number of carbonyl (C=O) groups excluding carboxylic acids is 3. The van der Waals surface area contributed by atoms with E-state index in [2.05, 4.69) is 16.8 Å². The Morgan fingerprint density at radius 3 is 2.50 bits per heavy atom. The minimum Gasteiger partial charge on any atom is -0.456 e. The average molecular weight is 435 g/mol. The third-order valence-electron chi connectivity index (χ3n) is 4.59. The molecular formula is C22H27FN2O4S. The first-order valence-electron chi connectivity index (χ1n) is 9.76. The summed E-state index contributed by atoms with van der Waals surface area (Å²) in [5, 5.41) is 2.02. The standard InChI is InChI=1S/C22H27FN2O4S/c1-5-10-25-14(2)11-19(15(25)3)20(26)12-29-22(28)16(4)30-13-21(27)24-18-8-6-17(23)7-9-18/h6-9,11,16H,5,10,12-13H2,1-4H3,(H,24,27)/t16-/m0/s1. The summed E-state index contributed by atoms with van der Waals surface area (Å²) in [7, 11) is 0. The molecule has 6 nitrogen and oxygen atoms in total. The van der Waals surface area contributed by atoms with Crippen molar-refractivity contribution in [2.24, 2.45) is 0 Å². The van der Waals surface area contributed by atoms with Crippen LogP contribution in [0, 0.1) is 19.7 Å². The van der Waals surface area contributed by atoms with Crippen LogP contribution in [-0.4, -0.2) is 39.8 Å². The third kappa shape index (κ3) is 6.45. The molecule has 1 aromatic heterocycles. The van der Waals surface area contributed by atoms with Gasteiger partial charge in [-0.05, 0) is 57.5 Å². The van der Waals surface area contributed by atoms with Gasteiger partial charge in [-0.1, -0.05) is 6.92 Å². The number of Topliss-reactive ketones (excluding diaryl/α,β-unsaturated/α-hetero) is 1. The minimum atomic E-state index is -0.607. The molecule has 1 N–H and O–H groups in total. The lowest BCUT2D eigenvalue weighted by molar-refractivity contribution is -0.141. The molecule has 2 aromatic rings. The van der Waals surface area contributed by atoms with Crippen LogP contribution in [0.25, 0.3) is 0 Å². The fourth-order valence-corrected chi connectivity index (χ4v) is 3.66. The lowest BCUT2D eigenvalue weighted by Crippen LogP contribution is -2.24. The number of aryl methyl sites for hydroxylation is 1. The van der Waals surface area contributed by atoms with Gasteiger partial charge >= 0.3 is 5.97 Å². The SMILES string of the molecule is CCCn1c(C)cc(C(=O)COC(=O)[C@H](C)SCC(=O)Nc2ccc(F)cc2)c1C. The van der Waals surface area contributed by atoms with E-state index >= 15 is 0 Å². The number of nitrogens with one attached hydrogen (secondary N) is 1. The largest absolute Gasteiger partial charge is 0.456 e. The highest BCUT2D eigenvalue weighted by Gasteiger charge is 2.20. The van der Waals surface area contributed by atoms with Gasteiger partial charge in [-0.25, -0.2) is 4.39 Å². The Bertz CT molecular complexity index is 909. The van der Waals surface area contributed by atoms with E-state index in [0.29, 0.717) is 11.3 Å². The molecule has 1 atom stereocenters. The van der Waals surface area contributed by atoms with E-state index in [1.54, 1.807) is 6.92 Å². The molecule has 0 fully saturated rings. The van der Waals surface area contributed by atoms with Crippen molar-refractivity contribution < 1.29 is 23.5 Å². The number of hydrogen-bond donors (Lipinski definition) is 1. The molecular weight excluding hydrogens is 407 g/mol. The zero-order valence-electron chi connectivity index (χ0n) is 17.7. The summed E-state index contributed by atoms with van der Waals surface area (Å²) in [6.45, 7) is 8.02. The minimum absolute atomic E-state index is 0.0275. The van der Waals surface area contributed by atoms with Gasteiger partial charge in [0.1, 0.15) is 11.1 Å². The second-order valence-electron chi connectivity index (χ2n) is 6.98. The molecule has 0 saturated heterocycles. The second kappa shape index (κ2) is 11.0. The van der Waals surface area contributed by atoms with Crippen LogP contribution in [0.15, 0.2) is 30.3 Å². The van der Waals surface area contributed by atoms with Crippen LogP contribution < -0.4 is 5.32 Å². The maximum Gasteiger partial charge on any atom is 0.319 e. The molecule has 1 heterocycles. The predicted octanol–water partition coefficient (Wildman–Crippen LogP) is 4.14. The highest BCUT2D eigenvalue weighted by atomic mass is 32.2. The fraction of sp³-hybridized carbons (Fsp3) is 0.409. The van der Waals surface area contributed by atoms with Crippen molar-refractivity contribution in [1.29, 1.82) is 0 Å². The topological polar surface area (TPSA) is 77.4 Å². The number of rotatable bonds is 10. The molecule has 162 valence electrons. The number of esters is 1. The normalized spacial score (nSPS) is 11.8. The van der Waals surface area contributed by atoms with E-state index in [9.17, 15) is 18.8 Å². The van der Waals surface area contributed by atoms with Crippen molar-refractivity contribution >= 4 is 35.1 Å².